The number of halogens is 1. The summed E-state index contributed by atoms with van der Waals surface area (Å²) >= 11 is 0. The van der Waals surface area contributed by atoms with Gasteiger partial charge in [-0.2, -0.15) is 0 Å². The van der Waals surface area contributed by atoms with Crippen LogP contribution >= 0.6 is 0 Å². The number of hydrogen-bond acceptors (Lipinski definition) is 5. The monoisotopic (exact) mass is 655 g/mol. The molecule has 1 aromatic heterocycles. The number of aromatic nitrogens is 2. The van der Waals surface area contributed by atoms with Gasteiger partial charge < -0.3 is 9.47 Å². The van der Waals surface area contributed by atoms with Crippen molar-refractivity contribution in [2.75, 3.05) is 20.3 Å². The Morgan fingerprint density at radius 1 is 0.816 bits per heavy atom. The van der Waals surface area contributed by atoms with Gasteiger partial charge in [0.1, 0.15) is 17.4 Å². The van der Waals surface area contributed by atoms with Crippen LogP contribution in [-0.4, -0.2) is 41.5 Å². The maximum atomic E-state index is 15.4. The van der Waals surface area contributed by atoms with Gasteiger partial charge in [0.25, 0.3) is 0 Å². The minimum absolute atomic E-state index is 0.0722. The fourth-order valence-electron chi connectivity index (χ4n) is 7.19. The second-order valence-corrected chi connectivity index (χ2v) is 12.4. The lowest BCUT2D eigenvalue weighted by atomic mass is 9.76. The van der Waals surface area contributed by atoms with E-state index in [1.54, 1.807) is 16.7 Å². The van der Waals surface area contributed by atoms with E-state index in [-0.39, 0.29) is 17.2 Å². The van der Waals surface area contributed by atoms with Gasteiger partial charge in [0.15, 0.2) is 0 Å². The highest BCUT2D eigenvalue weighted by Crippen LogP contribution is 2.38. The summed E-state index contributed by atoms with van der Waals surface area (Å²) in [5, 5.41) is 3.75. The Morgan fingerprint density at radius 2 is 1.37 bits per heavy atom. The van der Waals surface area contributed by atoms with Crippen LogP contribution in [0.4, 0.5) is 4.39 Å². The van der Waals surface area contributed by atoms with Crippen molar-refractivity contribution >= 4 is 17.0 Å². The van der Waals surface area contributed by atoms with Crippen molar-refractivity contribution < 1.29 is 18.7 Å². The number of fused-ring (bicyclic) bond motifs is 1. The standard InChI is InChI=1S/C41H38FN3O4/c1-48-39(46)36(43-41(30-12-5-2-6-13-30,31-14-7-3-8-15-31)32-16-9-4-10-17-32)28-29-20-22-33(23-21-29)45-38-35(42)18-11-19-37(38)44(40(45)47)34-24-26-49-27-25-34/h2-23,34,36,43H,24-28H2,1H3/t36-/m0/s1. The Balaban J connectivity index is 1.28. The number of ether oxygens (including phenoxy) is 2. The van der Waals surface area contributed by atoms with E-state index in [4.69, 9.17) is 9.47 Å². The molecule has 1 N–H and O–H groups in total. The third kappa shape index (κ3) is 6.09. The highest BCUT2D eigenvalue weighted by molar-refractivity contribution is 5.79. The molecular formula is C41H38FN3O4. The van der Waals surface area contributed by atoms with Crippen LogP contribution in [0, 0.1) is 5.82 Å². The second kappa shape index (κ2) is 14.0. The first kappa shape index (κ1) is 32.2. The number of imidazole rings is 1. The van der Waals surface area contributed by atoms with Crippen molar-refractivity contribution in [2.45, 2.75) is 36.9 Å². The van der Waals surface area contributed by atoms with Crippen LogP contribution in [0.25, 0.3) is 16.7 Å². The van der Waals surface area contributed by atoms with Crippen LogP contribution in [0.15, 0.2) is 138 Å². The molecule has 1 aliphatic rings. The molecule has 0 amide bonds. The van der Waals surface area contributed by atoms with E-state index >= 15 is 4.39 Å². The Bertz CT molecular complexity index is 1990. The lowest BCUT2D eigenvalue weighted by Crippen LogP contribution is -2.53. The molecule has 248 valence electrons. The SMILES string of the molecule is COC(=O)[C@H](Cc1ccc(-n2c(=O)n(C3CCOCC3)c3cccc(F)c32)cc1)NC(c1ccccc1)(c1ccccc1)c1ccccc1. The van der Waals surface area contributed by atoms with E-state index in [0.717, 1.165) is 22.3 Å². The summed E-state index contributed by atoms with van der Waals surface area (Å²) in [4.78, 5) is 27.5. The third-order valence-corrected chi connectivity index (χ3v) is 9.53. The zero-order valence-corrected chi connectivity index (χ0v) is 27.3. The van der Waals surface area contributed by atoms with Crippen molar-refractivity contribution in [3.8, 4) is 5.69 Å². The number of carbonyl (C=O) groups excluding carboxylic acids is 1. The van der Waals surface area contributed by atoms with Gasteiger partial charge in [0.05, 0.1) is 23.9 Å². The molecule has 1 fully saturated rings. The summed E-state index contributed by atoms with van der Waals surface area (Å²) in [6, 6.07) is 41.6. The number of esters is 1. The predicted octanol–water partition coefficient (Wildman–Crippen LogP) is 6.95. The largest absolute Gasteiger partial charge is 0.468 e. The highest BCUT2D eigenvalue weighted by atomic mass is 19.1. The number of para-hydroxylation sites is 1. The molecule has 5 aromatic carbocycles. The Labute approximate surface area is 284 Å². The number of carbonyl (C=O) groups is 1. The molecule has 0 saturated carbocycles. The van der Waals surface area contributed by atoms with Crippen LogP contribution in [0.5, 0.6) is 0 Å². The first-order valence-corrected chi connectivity index (χ1v) is 16.6. The summed E-state index contributed by atoms with van der Waals surface area (Å²) in [6.07, 6.45) is 1.67. The molecule has 7 rings (SSSR count). The maximum absolute atomic E-state index is 15.4. The average molecular weight is 656 g/mol. The molecule has 2 heterocycles. The molecule has 0 aliphatic carbocycles. The van der Waals surface area contributed by atoms with Crippen molar-refractivity contribution in [3.05, 3.63) is 172 Å². The molecule has 8 heteroatoms. The summed E-state index contributed by atoms with van der Waals surface area (Å²) in [5.74, 6) is -0.868. The van der Waals surface area contributed by atoms with Crippen LogP contribution in [0.3, 0.4) is 0 Å². The normalized spacial score (nSPS) is 14.5. The molecule has 7 nitrogen and oxygen atoms in total. The Hall–Kier alpha value is -5.31. The summed E-state index contributed by atoms with van der Waals surface area (Å²) < 4.78 is 29.4. The lowest BCUT2D eigenvalue weighted by molar-refractivity contribution is -0.143. The third-order valence-electron chi connectivity index (χ3n) is 9.53. The molecule has 0 bridgehead atoms. The first-order chi connectivity index (χ1) is 24.0. The summed E-state index contributed by atoms with van der Waals surface area (Å²) in [6.45, 7) is 1.12. The summed E-state index contributed by atoms with van der Waals surface area (Å²) in [7, 11) is 1.39. The van der Waals surface area contributed by atoms with Crippen LogP contribution in [0.2, 0.25) is 0 Å². The number of methoxy groups -OCH3 is 1. The van der Waals surface area contributed by atoms with E-state index in [1.165, 1.54) is 17.7 Å². The molecule has 0 spiro atoms. The number of benzene rings is 5. The molecular weight excluding hydrogens is 617 g/mol. The molecule has 6 aromatic rings. The van der Waals surface area contributed by atoms with Gasteiger partial charge in [-0.3, -0.25) is 19.2 Å². The van der Waals surface area contributed by atoms with Gasteiger partial charge in [-0.05, 0) is 65.8 Å². The molecule has 1 saturated heterocycles. The molecule has 1 aliphatic heterocycles. The van der Waals surface area contributed by atoms with Gasteiger partial charge >= 0.3 is 11.7 Å². The van der Waals surface area contributed by atoms with E-state index in [0.29, 0.717) is 43.7 Å². The van der Waals surface area contributed by atoms with Crippen LogP contribution < -0.4 is 11.0 Å². The van der Waals surface area contributed by atoms with Gasteiger partial charge in [0, 0.05) is 19.3 Å². The predicted molar refractivity (Wildman–Crippen MR) is 188 cm³/mol. The first-order valence-electron chi connectivity index (χ1n) is 16.6. The molecule has 1 atom stereocenters. The quantitative estimate of drug-likeness (QED) is 0.128. The molecule has 0 radical (unpaired) electrons. The topological polar surface area (TPSA) is 74.5 Å². The number of nitrogens with zero attached hydrogens (tertiary/aromatic N) is 2. The number of rotatable bonds is 10. The second-order valence-electron chi connectivity index (χ2n) is 12.4. The van der Waals surface area contributed by atoms with Crippen LogP contribution in [0.1, 0.15) is 41.1 Å². The van der Waals surface area contributed by atoms with Crippen LogP contribution in [-0.2, 0) is 26.2 Å². The van der Waals surface area contributed by atoms with E-state index < -0.39 is 23.4 Å². The van der Waals surface area contributed by atoms with Gasteiger partial charge in [-0.15, -0.1) is 0 Å². The smallest absolute Gasteiger partial charge is 0.334 e. The zero-order chi connectivity index (χ0) is 33.8. The number of hydrogen-bond donors (Lipinski definition) is 1. The molecule has 0 unspecified atom stereocenters. The van der Waals surface area contributed by atoms with Gasteiger partial charge in [-0.25, -0.2) is 9.18 Å². The summed E-state index contributed by atoms with van der Waals surface area (Å²) in [5.41, 5.74) is 3.94. The average Bonchev–Trinajstić information content (AvgIpc) is 3.47. The number of nitrogens with one attached hydrogen (secondary N) is 1. The van der Waals surface area contributed by atoms with E-state index in [2.05, 4.69) is 41.7 Å². The van der Waals surface area contributed by atoms with Crippen molar-refractivity contribution in [1.82, 2.24) is 14.5 Å². The molecule has 49 heavy (non-hydrogen) atoms. The van der Waals surface area contributed by atoms with Gasteiger partial charge in [0.2, 0.25) is 0 Å². The lowest BCUT2D eigenvalue weighted by Gasteiger charge is -2.39. The van der Waals surface area contributed by atoms with E-state index in [1.807, 2.05) is 78.9 Å². The fourth-order valence-corrected chi connectivity index (χ4v) is 7.19. The Kier molecular flexibility index (Phi) is 9.24. The van der Waals surface area contributed by atoms with Crippen molar-refractivity contribution in [1.29, 1.82) is 0 Å². The Morgan fingerprint density at radius 3 is 1.90 bits per heavy atom. The highest BCUT2D eigenvalue weighted by Gasteiger charge is 2.40. The fraction of sp³-hybridized carbons (Fsp3) is 0.220. The van der Waals surface area contributed by atoms with Gasteiger partial charge in [-0.1, -0.05) is 109 Å². The van der Waals surface area contributed by atoms with Crippen molar-refractivity contribution in [2.24, 2.45) is 0 Å². The van der Waals surface area contributed by atoms with E-state index in [9.17, 15) is 9.59 Å². The minimum Gasteiger partial charge on any atom is -0.468 e. The maximum Gasteiger partial charge on any atom is 0.334 e. The van der Waals surface area contributed by atoms with Crippen molar-refractivity contribution in [3.63, 3.8) is 0 Å². The zero-order valence-electron chi connectivity index (χ0n) is 27.3. The minimum atomic E-state index is -0.889.